The molecular formula is C12H15N3O. The summed E-state index contributed by atoms with van der Waals surface area (Å²) in [5, 5.41) is 0. The molecule has 0 aliphatic rings. The Labute approximate surface area is 94.7 Å². The molecule has 0 bridgehead atoms. The number of oxazole rings is 1. The molecule has 2 aromatic rings. The Hall–Kier alpha value is -1.81. The topological polar surface area (TPSA) is 55.3 Å². The summed E-state index contributed by atoms with van der Waals surface area (Å²) in [7, 11) is 4.01. The Morgan fingerprint density at radius 2 is 2.19 bits per heavy atom. The summed E-state index contributed by atoms with van der Waals surface area (Å²) >= 11 is 0. The van der Waals surface area contributed by atoms with E-state index >= 15 is 0 Å². The highest BCUT2D eigenvalue weighted by Gasteiger charge is 2.09. The lowest BCUT2D eigenvalue weighted by Gasteiger charge is -2.12. The lowest BCUT2D eigenvalue weighted by Crippen LogP contribution is -2.08. The van der Waals surface area contributed by atoms with Crippen LogP contribution in [0.2, 0.25) is 0 Å². The van der Waals surface area contributed by atoms with E-state index in [4.69, 9.17) is 10.2 Å². The summed E-state index contributed by atoms with van der Waals surface area (Å²) < 4.78 is 5.37. The summed E-state index contributed by atoms with van der Waals surface area (Å²) in [5.74, 6) is 0.756. The molecule has 0 aliphatic carbocycles. The lowest BCUT2D eigenvalue weighted by molar-refractivity contribution is 0.571. The molecule has 0 fully saturated rings. The van der Waals surface area contributed by atoms with E-state index in [2.05, 4.69) is 11.1 Å². The Bertz CT molecular complexity index is 477. The van der Waals surface area contributed by atoms with Crippen LogP contribution in [0.15, 0.2) is 35.1 Å². The van der Waals surface area contributed by atoms with Crippen molar-refractivity contribution in [3.8, 4) is 11.3 Å². The fraction of sp³-hybridized carbons (Fsp3) is 0.250. The smallest absolute Gasteiger partial charge is 0.181 e. The number of hydrogen-bond donors (Lipinski definition) is 1. The van der Waals surface area contributed by atoms with Gasteiger partial charge in [0.25, 0.3) is 0 Å². The van der Waals surface area contributed by atoms with Crippen molar-refractivity contribution in [1.29, 1.82) is 0 Å². The summed E-state index contributed by atoms with van der Waals surface area (Å²) in [4.78, 5) is 6.12. The molecule has 0 aliphatic heterocycles. The number of nitrogens with two attached hydrogens (primary N) is 1. The first-order chi connectivity index (χ1) is 7.72. The van der Waals surface area contributed by atoms with Gasteiger partial charge >= 0.3 is 0 Å². The summed E-state index contributed by atoms with van der Waals surface area (Å²) in [5.41, 5.74) is 8.51. The zero-order chi connectivity index (χ0) is 11.5. The van der Waals surface area contributed by atoms with Gasteiger partial charge in [-0.2, -0.15) is 0 Å². The van der Waals surface area contributed by atoms with Crippen LogP contribution in [-0.4, -0.2) is 19.1 Å². The van der Waals surface area contributed by atoms with Crippen LogP contribution in [0.5, 0.6) is 0 Å². The maximum atomic E-state index is 5.60. The highest BCUT2D eigenvalue weighted by Crippen LogP contribution is 2.26. The van der Waals surface area contributed by atoms with E-state index in [1.807, 2.05) is 37.2 Å². The van der Waals surface area contributed by atoms with Gasteiger partial charge < -0.3 is 15.1 Å². The lowest BCUT2D eigenvalue weighted by atomic mass is 10.1. The molecule has 0 unspecified atom stereocenters. The standard InChI is InChI=1S/C12H15N3O/c1-15(2)10-5-3-4-9(6-10)12-11(7-13)14-8-16-12/h3-6,8H,7,13H2,1-2H3. The molecule has 0 saturated carbocycles. The molecule has 4 nitrogen and oxygen atoms in total. The van der Waals surface area contributed by atoms with Crippen LogP contribution in [-0.2, 0) is 6.54 Å². The van der Waals surface area contributed by atoms with Gasteiger partial charge in [-0.15, -0.1) is 0 Å². The summed E-state index contributed by atoms with van der Waals surface area (Å²) in [6.07, 6.45) is 1.43. The molecule has 2 N–H and O–H groups in total. The number of anilines is 1. The van der Waals surface area contributed by atoms with Gasteiger partial charge in [0.1, 0.15) is 5.69 Å². The molecule has 4 heteroatoms. The number of hydrogen-bond acceptors (Lipinski definition) is 4. The van der Waals surface area contributed by atoms with Crippen LogP contribution in [0.4, 0.5) is 5.69 Å². The predicted molar refractivity (Wildman–Crippen MR) is 64.2 cm³/mol. The monoisotopic (exact) mass is 217 g/mol. The minimum Gasteiger partial charge on any atom is -0.443 e. The van der Waals surface area contributed by atoms with Gasteiger partial charge in [0.05, 0.1) is 0 Å². The van der Waals surface area contributed by atoms with Crippen LogP contribution in [0.3, 0.4) is 0 Å². The van der Waals surface area contributed by atoms with Crippen LogP contribution in [0, 0.1) is 0 Å². The minimum atomic E-state index is 0.387. The first-order valence-corrected chi connectivity index (χ1v) is 5.12. The van der Waals surface area contributed by atoms with E-state index < -0.39 is 0 Å². The summed E-state index contributed by atoms with van der Waals surface area (Å²) in [6, 6.07) is 8.09. The van der Waals surface area contributed by atoms with Crippen LogP contribution in [0.1, 0.15) is 5.69 Å². The highest BCUT2D eigenvalue weighted by atomic mass is 16.3. The maximum absolute atomic E-state index is 5.60. The second-order valence-corrected chi connectivity index (χ2v) is 3.78. The average molecular weight is 217 g/mol. The Morgan fingerprint density at radius 1 is 1.38 bits per heavy atom. The molecule has 0 amide bonds. The first kappa shape index (κ1) is 10.7. The van der Waals surface area contributed by atoms with Gasteiger partial charge in [-0.3, -0.25) is 0 Å². The van der Waals surface area contributed by atoms with Gasteiger partial charge in [-0.1, -0.05) is 12.1 Å². The SMILES string of the molecule is CN(C)c1cccc(-c2ocnc2CN)c1. The third kappa shape index (κ3) is 1.92. The Balaban J connectivity index is 2.44. The van der Waals surface area contributed by atoms with E-state index in [1.54, 1.807) is 0 Å². The Morgan fingerprint density at radius 3 is 2.88 bits per heavy atom. The molecule has 0 saturated heterocycles. The second-order valence-electron chi connectivity index (χ2n) is 3.78. The molecule has 1 heterocycles. The minimum absolute atomic E-state index is 0.387. The van der Waals surface area contributed by atoms with Crippen LogP contribution >= 0.6 is 0 Å². The van der Waals surface area contributed by atoms with Crippen molar-refractivity contribution in [3.63, 3.8) is 0 Å². The highest BCUT2D eigenvalue weighted by molar-refractivity contribution is 5.65. The molecule has 1 aromatic carbocycles. The largest absolute Gasteiger partial charge is 0.443 e. The number of nitrogens with zero attached hydrogens (tertiary/aromatic N) is 2. The second kappa shape index (κ2) is 4.37. The van der Waals surface area contributed by atoms with E-state index in [1.165, 1.54) is 6.39 Å². The molecule has 0 spiro atoms. The fourth-order valence-electron chi connectivity index (χ4n) is 1.57. The zero-order valence-corrected chi connectivity index (χ0v) is 9.47. The molecule has 1 aromatic heterocycles. The van der Waals surface area contributed by atoms with Crippen molar-refractivity contribution in [2.24, 2.45) is 5.73 Å². The average Bonchev–Trinajstić information content (AvgIpc) is 2.77. The predicted octanol–water partition coefficient (Wildman–Crippen LogP) is 1.87. The van der Waals surface area contributed by atoms with E-state index in [-0.39, 0.29) is 0 Å². The molecule has 0 radical (unpaired) electrons. The van der Waals surface area contributed by atoms with E-state index in [9.17, 15) is 0 Å². The van der Waals surface area contributed by atoms with Gasteiger partial charge in [-0.25, -0.2) is 4.98 Å². The molecular weight excluding hydrogens is 202 g/mol. The van der Waals surface area contributed by atoms with Crippen LogP contribution in [0.25, 0.3) is 11.3 Å². The van der Waals surface area contributed by atoms with Gasteiger partial charge in [0, 0.05) is 31.9 Å². The van der Waals surface area contributed by atoms with Crippen molar-refractivity contribution < 1.29 is 4.42 Å². The molecule has 0 atom stereocenters. The van der Waals surface area contributed by atoms with Crippen molar-refractivity contribution >= 4 is 5.69 Å². The van der Waals surface area contributed by atoms with Gasteiger partial charge in [-0.05, 0) is 12.1 Å². The molecule has 2 rings (SSSR count). The molecule has 16 heavy (non-hydrogen) atoms. The van der Waals surface area contributed by atoms with Crippen molar-refractivity contribution in [1.82, 2.24) is 4.98 Å². The number of aromatic nitrogens is 1. The van der Waals surface area contributed by atoms with E-state index in [0.717, 1.165) is 22.7 Å². The Kier molecular flexibility index (Phi) is 2.92. The third-order valence-electron chi connectivity index (χ3n) is 2.46. The van der Waals surface area contributed by atoms with Crippen molar-refractivity contribution in [2.45, 2.75) is 6.54 Å². The normalized spacial score (nSPS) is 10.4. The van der Waals surface area contributed by atoms with Gasteiger partial charge in [0.2, 0.25) is 0 Å². The quantitative estimate of drug-likeness (QED) is 0.852. The summed E-state index contributed by atoms with van der Waals surface area (Å²) in [6.45, 7) is 0.387. The number of rotatable bonds is 3. The van der Waals surface area contributed by atoms with E-state index in [0.29, 0.717) is 6.54 Å². The van der Waals surface area contributed by atoms with Crippen molar-refractivity contribution in [3.05, 3.63) is 36.4 Å². The fourth-order valence-corrected chi connectivity index (χ4v) is 1.57. The maximum Gasteiger partial charge on any atom is 0.181 e. The first-order valence-electron chi connectivity index (χ1n) is 5.12. The van der Waals surface area contributed by atoms with Crippen molar-refractivity contribution in [2.75, 3.05) is 19.0 Å². The molecule has 84 valence electrons. The zero-order valence-electron chi connectivity index (χ0n) is 9.47. The third-order valence-corrected chi connectivity index (χ3v) is 2.46. The van der Waals surface area contributed by atoms with Crippen LogP contribution < -0.4 is 10.6 Å². The van der Waals surface area contributed by atoms with Gasteiger partial charge in [0.15, 0.2) is 12.2 Å². The number of benzene rings is 1.